The van der Waals surface area contributed by atoms with Crippen LogP contribution in [0.25, 0.3) is 0 Å². The maximum atomic E-state index is 14.2. The molecule has 3 atom stereocenters. The number of amides is 2. The van der Waals surface area contributed by atoms with E-state index >= 15 is 0 Å². The first-order chi connectivity index (χ1) is 20.9. The van der Waals surface area contributed by atoms with Crippen LogP contribution in [0.3, 0.4) is 0 Å². The number of methoxy groups -OCH3 is 3. The fourth-order valence-electron chi connectivity index (χ4n) is 5.87. The largest absolute Gasteiger partial charge is 0.481 e. The Bertz CT molecular complexity index is 1660. The van der Waals surface area contributed by atoms with Crippen LogP contribution in [0.5, 0.6) is 17.8 Å². The number of benzene rings is 3. The van der Waals surface area contributed by atoms with Crippen LogP contribution in [0.4, 0.5) is 5.69 Å². The van der Waals surface area contributed by atoms with Gasteiger partial charge in [0.2, 0.25) is 23.8 Å². The number of carbonyl (C=O) groups excluding carboxylic acids is 3. The Morgan fingerprint density at radius 1 is 0.860 bits per heavy atom. The molecule has 0 saturated carbocycles. The van der Waals surface area contributed by atoms with Crippen molar-refractivity contribution in [2.24, 2.45) is 0 Å². The van der Waals surface area contributed by atoms with E-state index in [2.05, 4.69) is 9.97 Å². The van der Waals surface area contributed by atoms with Gasteiger partial charge in [-0.2, -0.15) is 9.97 Å². The maximum Gasteiger partial charge on any atom is 0.333 e. The molecule has 3 heterocycles. The van der Waals surface area contributed by atoms with E-state index in [1.54, 1.807) is 36.4 Å². The van der Waals surface area contributed by atoms with Gasteiger partial charge < -0.3 is 23.8 Å². The number of esters is 1. The second-order valence-electron chi connectivity index (χ2n) is 9.91. The Morgan fingerprint density at radius 2 is 1.47 bits per heavy atom. The topological polar surface area (TPSA) is 120 Å². The summed E-state index contributed by atoms with van der Waals surface area (Å²) in [7, 11) is 4.17. The summed E-state index contributed by atoms with van der Waals surface area (Å²) in [4.78, 5) is 52.9. The zero-order valence-corrected chi connectivity index (χ0v) is 23.7. The highest BCUT2D eigenvalue weighted by atomic mass is 16.5. The molecule has 0 N–H and O–H groups in total. The van der Waals surface area contributed by atoms with E-state index in [-0.39, 0.29) is 24.3 Å². The summed E-state index contributed by atoms with van der Waals surface area (Å²) in [5, 5.41) is 0. The fourth-order valence-corrected chi connectivity index (χ4v) is 5.87. The van der Waals surface area contributed by atoms with Crippen molar-refractivity contribution in [1.29, 1.82) is 0 Å². The Morgan fingerprint density at radius 3 is 2.09 bits per heavy atom. The highest BCUT2D eigenvalue weighted by Crippen LogP contribution is 2.53. The normalized spacial score (nSPS) is 19.7. The second-order valence-corrected chi connectivity index (χ2v) is 9.91. The standard InChI is InChI=1S/C32H28N4O7/c1-40-24-18-25(41-2)34-31(33-24)43-28-29(38)35-19-26(37)36(27(30(39)42-3)20-12-6-4-7-13-20)23-17-11-10-16-22(23)32(28,35)21-14-8-5-9-15-21/h4-18,27-28H,19H2,1-3H3. The van der Waals surface area contributed by atoms with Crippen molar-refractivity contribution in [3.05, 3.63) is 108 Å². The molecule has 3 aromatic carbocycles. The zero-order chi connectivity index (χ0) is 30.1. The molecule has 11 heteroatoms. The van der Waals surface area contributed by atoms with Crippen LogP contribution in [0, 0.1) is 0 Å². The second kappa shape index (κ2) is 11.1. The van der Waals surface area contributed by atoms with Crippen molar-refractivity contribution in [3.8, 4) is 17.8 Å². The summed E-state index contributed by atoms with van der Waals surface area (Å²) in [6.45, 7) is -0.328. The minimum absolute atomic E-state index is 0.133. The molecule has 2 amide bonds. The van der Waals surface area contributed by atoms with Crippen molar-refractivity contribution in [3.63, 3.8) is 0 Å². The van der Waals surface area contributed by atoms with Crippen molar-refractivity contribution in [1.82, 2.24) is 14.9 Å². The summed E-state index contributed by atoms with van der Waals surface area (Å²) in [6, 6.07) is 25.6. The van der Waals surface area contributed by atoms with Gasteiger partial charge in [0.15, 0.2) is 6.04 Å². The van der Waals surface area contributed by atoms with Gasteiger partial charge in [-0.1, -0.05) is 78.9 Å². The van der Waals surface area contributed by atoms with Crippen LogP contribution in [0.1, 0.15) is 22.7 Å². The predicted octanol–water partition coefficient (Wildman–Crippen LogP) is 3.29. The molecule has 3 unspecified atom stereocenters. The Hall–Kier alpha value is -5.45. The molecule has 4 aromatic rings. The van der Waals surface area contributed by atoms with Gasteiger partial charge in [-0.15, -0.1) is 0 Å². The molecule has 43 heavy (non-hydrogen) atoms. The van der Waals surface area contributed by atoms with Gasteiger partial charge in [0.1, 0.15) is 12.1 Å². The number of para-hydroxylation sites is 1. The van der Waals surface area contributed by atoms with Crippen molar-refractivity contribution in [2.45, 2.75) is 17.7 Å². The van der Waals surface area contributed by atoms with Crippen LogP contribution < -0.4 is 19.1 Å². The quantitative estimate of drug-likeness (QED) is 0.228. The van der Waals surface area contributed by atoms with Gasteiger partial charge in [-0.05, 0) is 17.2 Å². The summed E-state index contributed by atoms with van der Waals surface area (Å²) in [5.74, 6) is -1.16. The first kappa shape index (κ1) is 27.7. The number of hydrogen-bond donors (Lipinski definition) is 0. The number of nitrogens with zero attached hydrogens (tertiary/aromatic N) is 4. The lowest BCUT2D eigenvalue weighted by molar-refractivity contribution is -0.178. The molecule has 2 aliphatic rings. The lowest BCUT2D eigenvalue weighted by atomic mass is 9.69. The Kier molecular flexibility index (Phi) is 7.14. The van der Waals surface area contributed by atoms with E-state index in [0.717, 1.165) is 0 Å². The van der Waals surface area contributed by atoms with E-state index in [0.29, 0.717) is 22.4 Å². The molecule has 1 aromatic heterocycles. The number of hydrogen-bond acceptors (Lipinski definition) is 9. The highest BCUT2D eigenvalue weighted by molar-refractivity contribution is 6.07. The molecule has 0 aliphatic carbocycles. The van der Waals surface area contributed by atoms with Crippen LogP contribution in [0.2, 0.25) is 0 Å². The molecule has 1 saturated heterocycles. The number of anilines is 1. The van der Waals surface area contributed by atoms with Crippen molar-refractivity contribution >= 4 is 23.5 Å². The van der Waals surface area contributed by atoms with E-state index in [4.69, 9.17) is 18.9 Å². The average Bonchev–Trinajstić information content (AvgIpc) is 3.15. The molecule has 218 valence electrons. The maximum absolute atomic E-state index is 14.2. The SMILES string of the molecule is COC(=O)C(c1ccccc1)N1C(=O)CN2C(=O)C(Oc3nc(OC)cc(OC)n3)C2(c2ccccc2)c2ccccc21. The van der Waals surface area contributed by atoms with Gasteiger partial charge >= 0.3 is 12.0 Å². The molecule has 0 radical (unpaired) electrons. The third kappa shape index (κ3) is 4.40. The monoisotopic (exact) mass is 580 g/mol. The fraction of sp³-hybridized carbons (Fsp3) is 0.219. The average molecular weight is 581 g/mol. The van der Waals surface area contributed by atoms with Crippen molar-refractivity contribution < 1.29 is 33.3 Å². The van der Waals surface area contributed by atoms with Crippen LogP contribution in [-0.4, -0.2) is 66.6 Å². The van der Waals surface area contributed by atoms with E-state index in [1.165, 1.54) is 37.2 Å². The summed E-state index contributed by atoms with van der Waals surface area (Å²) in [5.41, 5.74) is 0.994. The summed E-state index contributed by atoms with van der Waals surface area (Å²) >= 11 is 0. The zero-order valence-electron chi connectivity index (χ0n) is 23.7. The summed E-state index contributed by atoms with van der Waals surface area (Å²) < 4.78 is 22.0. The van der Waals surface area contributed by atoms with E-state index in [1.807, 2.05) is 48.5 Å². The molecule has 2 aliphatic heterocycles. The molecule has 1 fully saturated rings. The first-order valence-corrected chi connectivity index (χ1v) is 13.5. The predicted molar refractivity (Wildman–Crippen MR) is 154 cm³/mol. The number of β-lactam (4-membered cyclic amide) rings is 1. The van der Waals surface area contributed by atoms with Gasteiger partial charge in [0.25, 0.3) is 5.91 Å². The van der Waals surface area contributed by atoms with Crippen LogP contribution >= 0.6 is 0 Å². The molecular weight excluding hydrogens is 552 g/mol. The smallest absolute Gasteiger partial charge is 0.333 e. The Labute approximate surface area is 247 Å². The van der Waals surface area contributed by atoms with Crippen LogP contribution in [0.15, 0.2) is 91.0 Å². The van der Waals surface area contributed by atoms with Gasteiger partial charge in [0.05, 0.1) is 33.1 Å². The summed E-state index contributed by atoms with van der Waals surface area (Å²) in [6.07, 6.45) is -1.17. The number of fused-ring (bicyclic) bond motifs is 3. The number of carbonyl (C=O) groups is 3. The third-order valence-corrected chi connectivity index (χ3v) is 7.74. The lowest BCUT2D eigenvalue weighted by Gasteiger charge is -2.55. The molecule has 0 spiro atoms. The van der Waals surface area contributed by atoms with Crippen LogP contribution in [-0.2, 0) is 24.7 Å². The van der Waals surface area contributed by atoms with Crippen molar-refractivity contribution in [2.75, 3.05) is 32.8 Å². The van der Waals surface area contributed by atoms with Gasteiger partial charge in [-0.25, -0.2) is 4.79 Å². The third-order valence-electron chi connectivity index (χ3n) is 7.74. The Balaban J connectivity index is 1.57. The van der Waals surface area contributed by atoms with Gasteiger partial charge in [-0.3, -0.25) is 14.5 Å². The minimum atomic E-state index is -1.28. The molecular formula is C32H28N4O7. The number of rotatable bonds is 8. The lowest BCUT2D eigenvalue weighted by Crippen LogP contribution is -2.74. The molecule has 6 rings (SSSR count). The molecule has 11 nitrogen and oxygen atoms in total. The molecule has 0 bridgehead atoms. The van der Waals surface area contributed by atoms with Gasteiger partial charge in [0, 0.05) is 5.56 Å². The minimum Gasteiger partial charge on any atom is -0.481 e. The first-order valence-electron chi connectivity index (χ1n) is 13.5. The highest BCUT2D eigenvalue weighted by Gasteiger charge is 2.67. The van der Waals surface area contributed by atoms with E-state index in [9.17, 15) is 14.4 Å². The van der Waals surface area contributed by atoms with E-state index < -0.39 is 35.5 Å². The number of ether oxygens (including phenoxy) is 4. The number of aromatic nitrogens is 2.